The van der Waals surface area contributed by atoms with Gasteiger partial charge in [-0.05, 0) is 87.3 Å². The molecule has 196 valence electrons. The highest BCUT2D eigenvalue weighted by molar-refractivity contribution is 6.28. The molecule has 2 nitrogen and oxygen atoms in total. The fraction of sp³-hybridized carbons (Fsp3) is 0. The van der Waals surface area contributed by atoms with Gasteiger partial charge < -0.3 is 9.32 Å². The van der Waals surface area contributed by atoms with Crippen LogP contribution in [0.25, 0.3) is 66.1 Å². The number of anilines is 3. The average Bonchev–Trinajstić information content (AvgIpc) is 3.39. The van der Waals surface area contributed by atoms with E-state index < -0.39 is 0 Å². The first-order chi connectivity index (χ1) is 20.8. The lowest BCUT2D eigenvalue weighted by Gasteiger charge is -2.27. The molecule has 0 atom stereocenters. The number of benzene rings is 7. The van der Waals surface area contributed by atoms with Crippen LogP contribution in [0, 0.1) is 0 Å². The molecule has 0 saturated heterocycles. The van der Waals surface area contributed by atoms with Gasteiger partial charge in [0.2, 0.25) is 0 Å². The van der Waals surface area contributed by atoms with E-state index in [2.05, 4.69) is 157 Å². The number of hydrogen-bond acceptors (Lipinski definition) is 2. The van der Waals surface area contributed by atoms with Crippen LogP contribution in [-0.2, 0) is 0 Å². The van der Waals surface area contributed by atoms with E-state index in [0.717, 1.165) is 28.2 Å². The van der Waals surface area contributed by atoms with Crippen molar-refractivity contribution in [3.63, 3.8) is 0 Å². The van der Waals surface area contributed by atoms with Crippen molar-refractivity contribution in [1.29, 1.82) is 0 Å². The minimum absolute atomic E-state index is 0.930. The maximum absolute atomic E-state index is 6.40. The average molecular weight is 536 g/mol. The zero-order chi connectivity index (χ0) is 27.6. The zero-order valence-electron chi connectivity index (χ0n) is 22.8. The molecule has 0 fully saturated rings. The Balaban J connectivity index is 1.28. The third kappa shape index (κ3) is 3.39. The molecule has 0 bridgehead atoms. The second-order valence-corrected chi connectivity index (χ2v) is 10.9. The number of hydrogen-bond donors (Lipinski definition) is 0. The Morgan fingerprint density at radius 1 is 0.357 bits per heavy atom. The van der Waals surface area contributed by atoms with Gasteiger partial charge in [0.1, 0.15) is 11.2 Å². The molecular formula is C40H25NO. The minimum Gasteiger partial charge on any atom is -0.456 e. The monoisotopic (exact) mass is 535 g/mol. The van der Waals surface area contributed by atoms with E-state index in [0.29, 0.717) is 0 Å². The molecule has 1 aliphatic rings. The summed E-state index contributed by atoms with van der Waals surface area (Å²) in [5.41, 5.74) is 12.5. The van der Waals surface area contributed by atoms with Crippen LogP contribution in [0.4, 0.5) is 17.1 Å². The molecular weight excluding hydrogens is 510 g/mol. The summed E-state index contributed by atoms with van der Waals surface area (Å²) in [7, 11) is 0. The molecule has 2 heteroatoms. The highest BCUT2D eigenvalue weighted by Crippen LogP contribution is 2.50. The van der Waals surface area contributed by atoms with Crippen LogP contribution >= 0.6 is 0 Å². The first-order valence-electron chi connectivity index (χ1n) is 14.4. The molecule has 0 spiro atoms. The summed E-state index contributed by atoms with van der Waals surface area (Å²) in [5.74, 6) is 0. The maximum Gasteiger partial charge on any atom is 0.136 e. The first-order valence-corrected chi connectivity index (χ1v) is 14.4. The van der Waals surface area contributed by atoms with Gasteiger partial charge in [-0.3, -0.25) is 0 Å². The van der Waals surface area contributed by atoms with Crippen molar-refractivity contribution in [2.45, 2.75) is 0 Å². The van der Waals surface area contributed by atoms with Crippen LogP contribution in [0.15, 0.2) is 156 Å². The van der Waals surface area contributed by atoms with Gasteiger partial charge in [-0.1, -0.05) is 103 Å². The molecule has 7 aromatic carbocycles. The fourth-order valence-electron chi connectivity index (χ4n) is 6.72. The molecule has 1 aliphatic carbocycles. The second-order valence-electron chi connectivity index (χ2n) is 10.9. The van der Waals surface area contributed by atoms with Gasteiger partial charge in [-0.2, -0.15) is 0 Å². The van der Waals surface area contributed by atoms with E-state index in [4.69, 9.17) is 4.42 Å². The summed E-state index contributed by atoms with van der Waals surface area (Å²) in [4.78, 5) is 2.35. The van der Waals surface area contributed by atoms with Crippen molar-refractivity contribution in [1.82, 2.24) is 0 Å². The molecule has 8 aromatic rings. The molecule has 0 aliphatic heterocycles. The Morgan fingerprint density at radius 2 is 1.00 bits per heavy atom. The zero-order valence-corrected chi connectivity index (χ0v) is 22.8. The number of rotatable bonds is 4. The van der Waals surface area contributed by atoms with Crippen molar-refractivity contribution in [3.8, 4) is 33.4 Å². The van der Waals surface area contributed by atoms with Gasteiger partial charge in [0, 0.05) is 33.2 Å². The molecule has 0 N–H and O–H groups in total. The summed E-state index contributed by atoms with van der Waals surface area (Å²) >= 11 is 0. The van der Waals surface area contributed by atoms with Gasteiger partial charge >= 0.3 is 0 Å². The van der Waals surface area contributed by atoms with Gasteiger partial charge in [-0.25, -0.2) is 0 Å². The smallest absolute Gasteiger partial charge is 0.136 e. The van der Waals surface area contributed by atoms with E-state index >= 15 is 0 Å². The summed E-state index contributed by atoms with van der Waals surface area (Å²) in [5, 5.41) is 4.91. The van der Waals surface area contributed by atoms with Gasteiger partial charge in [0.15, 0.2) is 0 Å². The topological polar surface area (TPSA) is 16.4 Å². The number of para-hydroxylation sites is 1. The fourth-order valence-corrected chi connectivity index (χ4v) is 6.72. The molecule has 0 amide bonds. The number of nitrogens with zero attached hydrogens (tertiary/aromatic N) is 1. The molecule has 0 saturated carbocycles. The summed E-state index contributed by atoms with van der Waals surface area (Å²) in [6, 6.07) is 54.3. The van der Waals surface area contributed by atoms with Crippen molar-refractivity contribution in [2.24, 2.45) is 0 Å². The van der Waals surface area contributed by atoms with Gasteiger partial charge in [-0.15, -0.1) is 0 Å². The van der Waals surface area contributed by atoms with Crippen molar-refractivity contribution < 1.29 is 4.42 Å². The summed E-state index contributed by atoms with van der Waals surface area (Å²) in [6.07, 6.45) is 0. The predicted octanol–water partition coefficient (Wildman–Crippen LogP) is 11.5. The van der Waals surface area contributed by atoms with Crippen LogP contribution in [0.1, 0.15) is 0 Å². The van der Waals surface area contributed by atoms with E-state index in [9.17, 15) is 0 Å². The number of furan rings is 1. The highest BCUT2D eigenvalue weighted by atomic mass is 16.3. The van der Waals surface area contributed by atoms with E-state index in [-0.39, 0.29) is 0 Å². The van der Waals surface area contributed by atoms with E-state index in [1.807, 2.05) is 0 Å². The predicted molar refractivity (Wildman–Crippen MR) is 176 cm³/mol. The lowest BCUT2D eigenvalue weighted by Crippen LogP contribution is -2.10. The largest absolute Gasteiger partial charge is 0.456 e. The SMILES string of the molecule is c1ccc(-c2ccc(N(c3ccccc3)c3ccc4c(c3)-c3cccc5oc6ccc7cccc-4c7c6c35)cc2)cc1. The maximum atomic E-state index is 6.40. The van der Waals surface area contributed by atoms with Crippen LogP contribution in [0.2, 0.25) is 0 Å². The molecule has 0 unspecified atom stereocenters. The van der Waals surface area contributed by atoms with Gasteiger partial charge in [0.25, 0.3) is 0 Å². The van der Waals surface area contributed by atoms with Crippen LogP contribution in [0.5, 0.6) is 0 Å². The first kappa shape index (κ1) is 23.1. The van der Waals surface area contributed by atoms with Crippen molar-refractivity contribution in [2.75, 3.05) is 4.90 Å². The van der Waals surface area contributed by atoms with Crippen LogP contribution in [0.3, 0.4) is 0 Å². The van der Waals surface area contributed by atoms with Crippen LogP contribution < -0.4 is 4.90 Å². The number of fused-ring (bicyclic) bond motifs is 3. The Morgan fingerprint density at radius 3 is 1.81 bits per heavy atom. The summed E-state index contributed by atoms with van der Waals surface area (Å²) < 4.78 is 6.40. The Bertz CT molecular complexity index is 2280. The van der Waals surface area contributed by atoms with Crippen LogP contribution in [-0.4, -0.2) is 0 Å². The third-order valence-corrected chi connectivity index (χ3v) is 8.59. The summed E-state index contributed by atoms with van der Waals surface area (Å²) in [6.45, 7) is 0. The molecule has 9 rings (SSSR count). The lowest BCUT2D eigenvalue weighted by molar-refractivity contribution is 0.669. The van der Waals surface area contributed by atoms with E-state index in [1.54, 1.807) is 0 Å². The molecule has 42 heavy (non-hydrogen) atoms. The normalized spacial score (nSPS) is 11.8. The molecule has 0 radical (unpaired) electrons. The van der Waals surface area contributed by atoms with Crippen molar-refractivity contribution in [3.05, 3.63) is 152 Å². The van der Waals surface area contributed by atoms with Gasteiger partial charge in [0.05, 0.1) is 0 Å². The second kappa shape index (κ2) is 8.95. The highest BCUT2D eigenvalue weighted by Gasteiger charge is 2.24. The molecule has 1 aromatic heterocycles. The Kier molecular flexibility index (Phi) is 4.93. The third-order valence-electron chi connectivity index (χ3n) is 8.59. The lowest BCUT2D eigenvalue weighted by atomic mass is 9.92. The molecule has 1 heterocycles. The Hall–Kier alpha value is -5.60. The quantitative estimate of drug-likeness (QED) is 0.223. The van der Waals surface area contributed by atoms with E-state index in [1.165, 1.54) is 54.9 Å². The van der Waals surface area contributed by atoms with Crippen molar-refractivity contribution >= 4 is 49.8 Å². The minimum atomic E-state index is 0.930. The Labute approximate surface area is 243 Å². The standard InChI is InChI=1S/C40H25NO/c1-3-9-26(10-4-1)27-17-20-30(21-18-27)41(29-12-5-2-6-13-29)31-22-23-32-33-14-7-11-28-19-24-37-40(38(28)33)39-34(35(32)25-31)15-8-16-36(39)42-37/h1-25H.